The minimum Gasteiger partial charge on any atom is -0.339 e. The first kappa shape index (κ1) is 21.9. The molecule has 0 radical (unpaired) electrons. The highest BCUT2D eigenvalue weighted by atomic mass is 35.6. The first-order valence-corrected chi connectivity index (χ1v) is 9.18. The van der Waals surface area contributed by atoms with E-state index in [1.165, 1.54) is 0 Å². The first-order valence-electron chi connectivity index (χ1n) is 6.88. The quantitative estimate of drug-likeness (QED) is 0.330. The third-order valence-corrected chi connectivity index (χ3v) is 4.21. The zero-order valence-corrected chi connectivity index (χ0v) is 17.4. The summed E-state index contributed by atoms with van der Waals surface area (Å²) in [5, 5.41) is 9.00. The van der Waals surface area contributed by atoms with Crippen LogP contribution in [0.25, 0.3) is 0 Å². The molecule has 24 heavy (non-hydrogen) atoms. The molecule has 1 atom stereocenters. The number of halogens is 5. The van der Waals surface area contributed by atoms with Crippen LogP contribution < -0.4 is 16.0 Å². The molecule has 0 heterocycles. The second-order valence-corrected chi connectivity index (χ2v) is 8.93. The van der Waals surface area contributed by atoms with E-state index in [2.05, 4.69) is 16.0 Å². The minimum atomic E-state index is -1.82. The molecule has 10 heteroatoms. The summed E-state index contributed by atoms with van der Waals surface area (Å²) in [4.78, 5) is 11.9. The van der Waals surface area contributed by atoms with E-state index in [0.29, 0.717) is 15.7 Å². The molecule has 0 aliphatic carbocycles. The lowest BCUT2D eigenvalue weighted by atomic mass is 10.1. The smallest absolute Gasteiger partial charge is 0.228 e. The number of anilines is 1. The summed E-state index contributed by atoms with van der Waals surface area (Å²) in [5.41, 5.74) is 0.412. The monoisotopic (exact) mass is 449 g/mol. The third kappa shape index (κ3) is 7.38. The lowest BCUT2D eigenvalue weighted by Gasteiger charge is -2.28. The fourth-order valence-corrected chi connectivity index (χ4v) is 2.73. The van der Waals surface area contributed by atoms with Crippen molar-refractivity contribution in [2.75, 3.05) is 5.32 Å². The van der Waals surface area contributed by atoms with Crippen molar-refractivity contribution in [1.29, 1.82) is 0 Å². The number of carbonyl (C=O) groups is 1. The van der Waals surface area contributed by atoms with E-state index in [1.54, 1.807) is 18.2 Å². The molecule has 0 aliphatic heterocycles. The number of alkyl halides is 3. The van der Waals surface area contributed by atoms with E-state index in [0.717, 1.165) is 0 Å². The lowest BCUT2D eigenvalue weighted by molar-refractivity contribution is -0.122. The number of amides is 1. The Morgan fingerprint density at radius 2 is 1.71 bits per heavy atom. The highest BCUT2D eigenvalue weighted by molar-refractivity contribution is 7.80. The maximum atomic E-state index is 11.9. The van der Waals surface area contributed by atoms with Gasteiger partial charge in [0.25, 0.3) is 0 Å². The molecule has 1 aromatic carbocycles. The molecular formula is C14H16Cl5N3OS. The number of rotatable bonds is 5. The van der Waals surface area contributed by atoms with Gasteiger partial charge in [0.15, 0.2) is 5.11 Å². The Balaban J connectivity index is 2.80. The number of hydrogen-bond donors (Lipinski definition) is 3. The molecule has 0 fully saturated rings. The molecule has 0 aliphatic rings. The summed E-state index contributed by atoms with van der Waals surface area (Å²) < 4.78 is -1.82. The molecule has 4 nitrogen and oxygen atoms in total. The Kier molecular flexibility index (Phi) is 8.66. The van der Waals surface area contributed by atoms with Crippen LogP contribution in [-0.2, 0) is 4.79 Å². The molecule has 134 valence electrons. The second kappa shape index (κ2) is 9.51. The molecular weight excluding hydrogens is 436 g/mol. The van der Waals surface area contributed by atoms with Gasteiger partial charge in [0.05, 0.1) is 15.7 Å². The van der Waals surface area contributed by atoms with Gasteiger partial charge in [-0.15, -0.1) is 0 Å². The third-order valence-electron chi connectivity index (χ3n) is 2.70. The molecule has 1 rings (SSSR count). The molecule has 1 aromatic rings. The average molecular weight is 452 g/mol. The summed E-state index contributed by atoms with van der Waals surface area (Å²) in [5.74, 6) is -0.111. The summed E-state index contributed by atoms with van der Waals surface area (Å²) in [7, 11) is 0. The molecule has 1 unspecified atom stereocenters. The van der Waals surface area contributed by atoms with Gasteiger partial charge in [0, 0.05) is 6.42 Å². The largest absolute Gasteiger partial charge is 0.339 e. The molecule has 1 amide bonds. The normalized spacial score (nSPS) is 12.7. The standard InChI is InChI=1S/C14H16Cl5N3OS/c1-7(2)6-10(23)20-12(14(17,18)19)22-13(24)21-11-8(15)4-3-5-9(11)16/h3-5,7,12H,6H2,1-2H3,(H,20,23)(H2,21,22,24). The average Bonchev–Trinajstić information content (AvgIpc) is 2.40. The Morgan fingerprint density at radius 1 is 1.17 bits per heavy atom. The Morgan fingerprint density at radius 3 is 2.17 bits per heavy atom. The van der Waals surface area contributed by atoms with Gasteiger partial charge in [0.1, 0.15) is 6.17 Å². The maximum absolute atomic E-state index is 11.9. The van der Waals surface area contributed by atoms with Crippen molar-refractivity contribution < 1.29 is 4.79 Å². The molecule has 0 spiro atoms. The molecule has 0 saturated heterocycles. The molecule has 3 N–H and O–H groups in total. The van der Waals surface area contributed by atoms with E-state index < -0.39 is 9.96 Å². The van der Waals surface area contributed by atoms with Crippen LogP contribution in [0.4, 0.5) is 5.69 Å². The van der Waals surface area contributed by atoms with Crippen molar-refractivity contribution in [2.24, 2.45) is 5.92 Å². The highest BCUT2D eigenvalue weighted by Crippen LogP contribution is 2.31. The van der Waals surface area contributed by atoms with E-state index >= 15 is 0 Å². The number of para-hydroxylation sites is 1. The molecule has 0 saturated carbocycles. The SMILES string of the molecule is CC(C)CC(=O)NC(NC(=S)Nc1c(Cl)cccc1Cl)C(Cl)(Cl)Cl. The summed E-state index contributed by atoms with van der Waals surface area (Å²) in [6.07, 6.45) is -0.745. The van der Waals surface area contributed by atoms with E-state index in [9.17, 15) is 4.79 Å². The maximum Gasteiger partial charge on any atom is 0.228 e. The Bertz CT molecular complexity index is 586. The summed E-state index contributed by atoms with van der Waals surface area (Å²) in [6.45, 7) is 3.81. The molecule has 0 aromatic heterocycles. The van der Waals surface area contributed by atoms with E-state index in [-0.39, 0.29) is 23.4 Å². The van der Waals surface area contributed by atoms with Crippen molar-refractivity contribution in [3.63, 3.8) is 0 Å². The van der Waals surface area contributed by atoms with Crippen LogP contribution in [0, 0.1) is 5.92 Å². The van der Waals surface area contributed by atoms with Crippen LogP contribution in [-0.4, -0.2) is 21.0 Å². The van der Waals surface area contributed by atoms with Crippen LogP contribution in [0.2, 0.25) is 10.0 Å². The predicted molar refractivity (Wildman–Crippen MR) is 107 cm³/mol. The van der Waals surface area contributed by atoms with Gasteiger partial charge in [0.2, 0.25) is 9.70 Å². The fraction of sp³-hybridized carbons (Fsp3) is 0.429. The number of carbonyl (C=O) groups excluding carboxylic acids is 1. The van der Waals surface area contributed by atoms with Gasteiger partial charge in [-0.3, -0.25) is 4.79 Å². The zero-order valence-electron chi connectivity index (χ0n) is 12.8. The van der Waals surface area contributed by atoms with Crippen LogP contribution in [0.1, 0.15) is 20.3 Å². The van der Waals surface area contributed by atoms with Gasteiger partial charge >= 0.3 is 0 Å². The first-order chi connectivity index (χ1) is 11.0. The van der Waals surface area contributed by atoms with Crippen LogP contribution in [0.5, 0.6) is 0 Å². The highest BCUT2D eigenvalue weighted by Gasteiger charge is 2.34. The van der Waals surface area contributed by atoms with Crippen molar-refractivity contribution in [1.82, 2.24) is 10.6 Å². The molecule has 0 bridgehead atoms. The topological polar surface area (TPSA) is 53.2 Å². The van der Waals surface area contributed by atoms with E-state index in [1.807, 2.05) is 13.8 Å². The van der Waals surface area contributed by atoms with Crippen LogP contribution >= 0.6 is 70.2 Å². The minimum absolute atomic E-state index is 0.0890. The van der Waals surface area contributed by atoms with Crippen molar-refractivity contribution in [3.8, 4) is 0 Å². The zero-order chi connectivity index (χ0) is 18.5. The summed E-state index contributed by atoms with van der Waals surface area (Å²) in [6, 6.07) is 4.99. The number of benzene rings is 1. The van der Waals surface area contributed by atoms with Gasteiger partial charge < -0.3 is 16.0 Å². The Labute approximate surface area is 171 Å². The number of nitrogens with one attached hydrogen (secondary N) is 3. The van der Waals surface area contributed by atoms with Crippen molar-refractivity contribution in [3.05, 3.63) is 28.2 Å². The van der Waals surface area contributed by atoms with Crippen molar-refractivity contribution >= 4 is 86.9 Å². The van der Waals surface area contributed by atoms with Gasteiger partial charge in [-0.05, 0) is 30.3 Å². The predicted octanol–water partition coefficient (Wildman–Crippen LogP) is 5.14. The van der Waals surface area contributed by atoms with Gasteiger partial charge in [-0.25, -0.2) is 0 Å². The summed E-state index contributed by atoms with van der Waals surface area (Å²) >= 11 is 35.0. The van der Waals surface area contributed by atoms with E-state index in [4.69, 9.17) is 70.2 Å². The fourth-order valence-electron chi connectivity index (χ4n) is 1.69. The van der Waals surface area contributed by atoms with Gasteiger partial charge in [-0.2, -0.15) is 0 Å². The van der Waals surface area contributed by atoms with Gasteiger partial charge in [-0.1, -0.05) is 77.9 Å². The van der Waals surface area contributed by atoms with Crippen molar-refractivity contribution in [2.45, 2.75) is 30.2 Å². The lowest BCUT2D eigenvalue weighted by Crippen LogP contribution is -2.56. The number of thiocarbonyl (C=S) groups is 1. The number of hydrogen-bond acceptors (Lipinski definition) is 2. The second-order valence-electron chi connectivity index (χ2n) is 5.34. The van der Waals surface area contributed by atoms with Crippen LogP contribution in [0.15, 0.2) is 18.2 Å². The Hall–Kier alpha value is -0.170. The van der Waals surface area contributed by atoms with Crippen LogP contribution in [0.3, 0.4) is 0 Å².